The van der Waals surface area contributed by atoms with Gasteiger partial charge in [0, 0.05) is 38.3 Å². The van der Waals surface area contributed by atoms with E-state index in [2.05, 4.69) is 4.90 Å². The molecule has 1 fully saturated rings. The molecule has 0 aliphatic carbocycles. The summed E-state index contributed by atoms with van der Waals surface area (Å²) < 4.78 is 10.9. The molecule has 2 aromatic rings. The minimum Gasteiger partial charge on any atom is -0.493 e. The molecule has 1 heterocycles. The van der Waals surface area contributed by atoms with Gasteiger partial charge in [-0.25, -0.2) is 0 Å². The highest BCUT2D eigenvalue weighted by atomic mass is 35.5. The number of ether oxygens (including phenoxy) is 2. The summed E-state index contributed by atoms with van der Waals surface area (Å²) in [7, 11) is 1.59. The van der Waals surface area contributed by atoms with Gasteiger partial charge in [-0.3, -0.25) is 9.69 Å². The number of piperazine rings is 1. The van der Waals surface area contributed by atoms with Gasteiger partial charge in [-0.1, -0.05) is 30.3 Å². The largest absolute Gasteiger partial charge is 0.493 e. The Hall–Kier alpha value is -2.28. The monoisotopic (exact) mass is 406 g/mol. The first kappa shape index (κ1) is 22.0. The van der Waals surface area contributed by atoms with Gasteiger partial charge in [0.15, 0.2) is 11.5 Å². The molecule has 1 saturated heterocycles. The highest BCUT2D eigenvalue weighted by Crippen LogP contribution is 2.25. The molecule has 28 heavy (non-hydrogen) atoms. The molecule has 1 N–H and O–H groups in total. The summed E-state index contributed by atoms with van der Waals surface area (Å²) in [4.78, 5) is 16.5. The topological polar surface area (TPSA) is 62.2 Å². The van der Waals surface area contributed by atoms with Crippen LogP contribution in [0, 0.1) is 0 Å². The maximum atomic E-state index is 12.5. The smallest absolute Gasteiger partial charge is 0.253 e. The number of benzene rings is 2. The molecule has 0 radical (unpaired) electrons. The van der Waals surface area contributed by atoms with Crippen molar-refractivity contribution in [2.45, 2.75) is 6.10 Å². The van der Waals surface area contributed by atoms with Crippen LogP contribution in [0.2, 0.25) is 0 Å². The number of para-hydroxylation sites is 2. The summed E-state index contributed by atoms with van der Waals surface area (Å²) >= 11 is 0. The van der Waals surface area contributed by atoms with Crippen LogP contribution >= 0.6 is 12.4 Å². The first-order valence-electron chi connectivity index (χ1n) is 9.18. The fourth-order valence-corrected chi connectivity index (χ4v) is 3.17. The van der Waals surface area contributed by atoms with Crippen molar-refractivity contribution in [3.8, 4) is 11.5 Å². The van der Waals surface area contributed by atoms with Crippen LogP contribution in [0.15, 0.2) is 54.6 Å². The predicted octanol–water partition coefficient (Wildman–Crippen LogP) is 2.31. The summed E-state index contributed by atoms with van der Waals surface area (Å²) in [5.41, 5.74) is 0.719. The van der Waals surface area contributed by atoms with Gasteiger partial charge in [-0.2, -0.15) is 0 Å². The van der Waals surface area contributed by atoms with E-state index < -0.39 is 6.10 Å². The molecular formula is C21H27ClN2O4. The number of nitrogens with zero attached hydrogens (tertiary/aromatic N) is 2. The highest BCUT2D eigenvalue weighted by Gasteiger charge is 2.23. The molecule has 1 atom stereocenters. The minimum atomic E-state index is -0.605. The van der Waals surface area contributed by atoms with E-state index in [1.54, 1.807) is 7.11 Å². The Labute approximate surface area is 172 Å². The standard InChI is InChI=1S/C21H26N2O4.ClH/c1-26-19-9-5-6-10-20(19)27-16-18(24)15-22-11-13-23(14-12-22)21(25)17-7-3-2-4-8-17;/h2-10,18,24H,11-16H2,1H3;1H. The lowest BCUT2D eigenvalue weighted by Gasteiger charge is -2.35. The molecule has 0 saturated carbocycles. The zero-order valence-corrected chi connectivity index (χ0v) is 16.8. The van der Waals surface area contributed by atoms with Crippen molar-refractivity contribution < 1.29 is 19.4 Å². The second kappa shape index (κ2) is 10.9. The molecule has 3 rings (SSSR count). The SMILES string of the molecule is COc1ccccc1OCC(O)CN1CCN(C(=O)c2ccccc2)CC1.Cl. The Bertz CT molecular complexity index is 736. The number of hydrogen-bond donors (Lipinski definition) is 1. The number of rotatable bonds is 7. The second-order valence-corrected chi connectivity index (χ2v) is 6.57. The molecule has 7 heteroatoms. The Balaban J connectivity index is 0.00000280. The normalized spacial score (nSPS) is 15.4. The molecule has 2 aromatic carbocycles. The summed E-state index contributed by atoms with van der Waals surface area (Å²) in [5, 5.41) is 10.3. The first-order chi connectivity index (χ1) is 13.2. The maximum absolute atomic E-state index is 12.5. The van der Waals surface area contributed by atoms with Crippen molar-refractivity contribution >= 4 is 18.3 Å². The van der Waals surface area contributed by atoms with E-state index in [1.165, 1.54) is 0 Å². The van der Waals surface area contributed by atoms with Crippen LogP contribution in [-0.4, -0.2) is 73.4 Å². The van der Waals surface area contributed by atoms with Gasteiger partial charge in [-0.05, 0) is 24.3 Å². The zero-order valence-electron chi connectivity index (χ0n) is 16.0. The lowest BCUT2D eigenvalue weighted by molar-refractivity contribution is 0.0400. The van der Waals surface area contributed by atoms with Crippen LogP contribution < -0.4 is 9.47 Å². The van der Waals surface area contributed by atoms with Crippen LogP contribution in [0.5, 0.6) is 11.5 Å². The number of carbonyl (C=O) groups is 1. The molecule has 0 aromatic heterocycles. The van der Waals surface area contributed by atoms with Crippen molar-refractivity contribution in [1.29, 1.82) is 0 Å². The Morgan fingerprint density at radius 2 is 1.61 bits per heavy atom. The van der Waals surface area contributed by atoms with E-state index in [9.17, 15) is 9.90 Å². The van der Waals surface area contributed by atoms with Crippen molar-refractivity contribution in [3.05, 3.63) is 60.2 Å². The van der Waals surface area contributed by atoms with Gasteiger partial charge >= 0.3 is 0 Å². The Morgan fingerprint density at radius 3 is 2.25 bits per heavy atom. The third-order valence-electron chi connectivity index (χ3n) is 4.65. The number of halogens is 1. The predicted molar refractivity (Wildman–Crippen MR) is 111 cm³/mol. The number of methoxy groups -OCH3 is 1. The molecule has 1 unspecified atom stereocenters. The summed E-state index contributed by atoms with van der Waals surface area (Å²) in [6.07, 6.45) is -0.605. The summed E-state index contributed by atoms with van der Waals surface area (Å²) in [5.74, 6) is 1.34. The maximum Gasteiger partial charge on any atom is 0.253 e. The molecular weight excluding hydrogens is 380 g/mol. The van der Waals surface area contributed by atoms with E-state index >= 15 is 0 Å². The number of aliphatic hydroxyl groups is 1. The molecule has 1 amide bonds. The lowest BCUT2D eigenvalue weighted by atomic mass is 10.2. The average molecular weight is 407 g/mol. The summed E-state index contributed by atoms with van der Waals surface area (Å²) in [6.45, 7) is 3.52. The van der Waals surface area contributed by atoms with Gasteiger partial charge < -0.3 is 19.5 Å². The van der Waals surface area contributed by atoms with Gasteiger partial charge in [-0.15, -0.1) is 12.4 Å². The molecule has 0 spiro atoms. The number of carbonyl (C=O) groups excluding carboxylic acids is 1. The Kier molecular flexibility index (Phi) is 8.57. The molecule has 0 bridgehead atoms. The first-order valence-corrected chi connectivity index (χ1v) is 9.18. The lowest BCUT2D eigenvalue weighted by Crippen LogP contribution is -2.50. The van der Waals surface area contributed by atoms with E-state index in [4.69, 9.17) is 9.47 Å². The van der Waals surface area contributed by atoms with Crippen LogP contribution in [-0.2, 0) is 0 Å². The van der Waals surface area contributed by atoms with Crippen molar-refractivity contribution in [2.75, 3.05) is 46.4 Å². The number of amides is 1. The number of β-amino-alcohol motifs (C(OH)–C–C–N with tert-alkyl or cyclic N) is 1. The number of aliphatic hydroxyl groups excluding tert-OH is 1. The van der Waals surface area contributed by atoms with Gasteiger partial charge in [0.1, 0.15) is 12.7 Å². The third kappa shape index (κ3) is 5.86. The van der Waals surface area contributed by atoms with E-state index in [0.717, 1.165) is 18.7 Å². The molecule has 1 aliphatic rings. The Morgan fingerprint density at radius 1 is 1.00 bits per heavy atom. The minimum absolute atomic E-state index is 0. The fraction of sp³-hybridized carbons (Fsp3) is 0.381. The van der Waals surface area contributed by atoms with Crippen LogP contribution in [0.4, 0.5) is 0 Å². The van der Waals surface area contributed by atoms with Crippen LogP contribution in [0.1, 0.15) is 10.4 Å². The van der Waals surface area contributed by atoms with Gasteiger partial charge in [0.05, 0.1) is 7.11 Å². The zero-order chi connectivity index (χ0) is 19.1. The van der Waals surface area contributed by atoms with Gasteiger partial charge in [0.2, 0.25) is 0 Å². The highest BCUT2D eigenvalue weighted by molar-refractivity contribution is 5.94. The van der Waals surface area contributed by atoms with Crippen LogP contribution in [0.3, 0.4) is 0 Å². The summed E-state index contributed by atoms with van der Waals surface area (Å²) in [6, 6.07) is 16.7. The fourth-order valence-electron chi connectivity index (χ4n) is 3.17. The van der Waals surface area contributed by atoms with Gasteiger partial charge in [0.25, 0.3) is 5.91 Å². The molecule has 152 valence electrons. The van der Waals surface area contributed by atoms with E-state index in [1.807, 2.05) is 59.5 Å². The molecule has 6 nitrogen and oxygen atoms in total. The molecule has 1 aliphatic heterocycles. The van der Waals surface area contributed by atoms with E-state index in [0.29, 0.717) is 31.1 Å². The van der Waals surface area contributed by atoms with Crippen LogP contribution in [0.25, 0.3) is 0 Å². The average Bonchev–Trinajstić information content (AvgIpc) is 2.73. The number of hydrogen-bond acceptors (Lipinski definition) is 5. The van der Waals surface area contributed by atoms with Crippen molar-refractivity contribution in [3.63, 3.8) is 0 Å². The van der Waals surface area contributed by atoms with Crippen molar-refractivity contribution in [1.82, 2.24) is 9.80 Å². The van der Waals surface area contributed by atoms with Crippen molar-refractivity contribution in [2.24, 2.45) is 0 Å². The van der Waals surface area contributed by atoms with E-state index in [-0.39, 0.29) is 24.9 Å². The quantitative estimate of drug-likeness (QED) is 0.764. The third-order valence-corrected chi connectivity index (χ3v) is 4.65. The second-order valence-electron chi connectivity index (χ2n) is 6.57.